The summed E-state index contributed by atoms with van der Waals surface area (Å²) in [6.07, 6.45) is 6.55. The summed E-state index contributed by atoms with van der Waals surface area (Å²) in [7, 11) is 1.67. The maximum Gasteiger partial charge on any atom is 0.252 e. The fraction of sp³-hybridized carbons (Fsp3) is 0.588. The maximum atomic E-state index is 12.3. The predicted molar refractivity (Wildman–Crippen MR) is 81.2 cm³/mol. The SMILES string of the molecule is CCCCC1(CCCC)NC(=O)c2ccc(OC)cc21. The van der Waals surface area contributed by atoms with Crippen molar-refractivity contribution in [2.24, 2.45) is 0 Å². The van der Waals surface area contributed by atoms with Gasteiger partial charge in [-0.05, 0) is 36.6 Å². The van der Waals surface area contributed by atoms with Gasteiger partial charge in [-0.15, -0.1) is 0 Å². The quantitative estimate of drug-likeness (QED) is 0.816. The lowest BCUT2D eigenvalue weighted by Gasteiger charge is -2.31. The molecular formula is C17H25NO2. The number of unbranched alkanes of at least 4 members (excludes halogenated alkanes) is 2. The minimum absolute atomic E-state index is 0.0647. The molecule has 0 aromatic heterocycles. The molecule has 0 saturated carbocycles. The Kier molecular flexibility index (Phi) is 4.69. The van der Waals surface area contributed by atoms with Crippen LogP contribution in [-0.4, -0.2) is 13.0 Å². The Morgan fingerprint density at radius 1 is 1.15 bits per heavy atom. The Labute approximate surface area is 121 Å². The largest absolute Gasteiger partial charge is 0.497 e. The summed E-state index contributed by atoms with van der Waals surface area (Å²) in [5.41, 5.74) is 1.76. The highest BCUT2D eigenvalue weighted by molar-refractivity contribution is 6.00. The zero-order valence-electron chi connectivity index (χ0n) is 12.8. The van der Waals surface area contributed by atoms with Gasteiger partial charge in [0, 0.05) is 5.56 Å². The fourth-order valence-corrected chi connectivity index (χ4v) is 3.07. The molecule has 0 radical (unpaired) electrons. The fourth-order valence-electron chi connectivity index (χ4n) is 3.07. The maximum absolute atomic E-state index is 12.3. The molecule has 1 amide bonds. The molecule has 1 aliphatic heterocycles. The Morgan fingerprint density at radius 3 is 2.35 bits per heavy atom. The van der Waals surface area contributed by atoms with Gasteiger partial charge in [-0.3, -0.25) is 4.79 Å². The second kappa shape index (κ2) is 6.29. The average molecular weight is 275 g/mol. The summed E-state index contributed by atoms with van der Waals surface area (Å²) < 4.78 is 5.34. The molecule has 2 rings (SSSR count). The van der Waals surface area contributed by atoms with Crippen LogP contribution in [-0.2, 0) is 5.54 Å². The van der Waals surface area contributed by atoms with E-state index in [1.165, 1.54) is 0 Å². The monoisotopic (exact) mass is 275 g/mol. The first kappa shape index (κ1) is 14.9. The van der Waals surface area contributed by atoms with Gasteiger partial charge in [0.05, 0.1) is 12.6 Å². The molecule has 20 heavy (non-hydrogen) atoms. The molecule has 110 valence electrons. The van der Waals surface area contributed by atoms with Crippen molar-refractivity contribution in [3.63, 3.8) is 0 Å². The van der Waals surface area contributed by atoms with E-state index in [-0.39, 0.29) is 11.4 Å². The highest BCUT2D eigenvalue weighted by atomic mass is 16.5. The van der Waals surface area contributed by atoms with Crippen molar-refractivity contribution in [2.75, 3.05) is 7.11 Å². The molecule has 0 saturated heterocycles. The number of ether oxygens (including phenoxy) is 1. The lowest BCUT2D eigenvalue weighted by Crippen LogP contribution is -2.39. The van der Waals surface area contributed by atoms with Crippen LogP contribution in [0.3, 0.4) is 0 Å². The van der Waals surface area contributed by atoms with E-state index in [4.69, 9.17) is 4.74 Å². The molecule has 0 bridgehead atoms. The summed E-state index contributed by atoms with van der Waals surface area (Å²) in [5, 5.41) is 3.26. The molecule has 1 aromatic rings. The molecule has 0 fully saturated rings. The number of benzene rings is 1. The number of hydrogen-bond donors (Lipinski definition) is 1. The lowest BCUT2D eigenvalue weighted by molar-refractivity contribution is 0.0918. The van der Waals surface area contributed by atoms with Crippen LogP contribution in [0.25, 0.3) is 0 Å². The van der Waals surface area contributed by atoms with Gasteiger partial charge >= 0.3 is 0 Å². The van der Waals surface area contributed by atoms with E-state index in [2.05, 4.69) is 19.2 Å². The average Bonchev–Trinajstić information content (AvgIpc) is 2.75. The van der Waals surface area contributed by atoms with Gasteiger partial charge in [0.2, 0.25) is 0 Å². The molecule has 0 aliphatic carbocycles. The first-order valence-corrected chi connectivity index (χ1v) is 7.68. The van der Waals surface area contributed by atoms with Crippen LogP contribution in [0.2, 0.25) is 0 Å². The molecular weight excluding hydrogens is 250 g/mol. The van der Waals surface area contributed by atoms with Crippen molar-refractivity contribution in [1.82, 2.24) is 5.32 Å². The van der Waals surface area contributed by atoms with Crippen LogP contribution < -0.4 is 10.1 Å². The summed E-state index contributed by atoms with van der Waals surface area (Å²) in [5.74, 6) is 0.896. The highest BCUT2D eigenvalue weighted by Crippen LogP contribution is 2.40. The second-order valence-electron chi connectivity index (χ2n) is 5.65. The van der Waals surface area contributed by atoms with Gasteiger partial charge in [-0.1, -0.05) is 39.5 Å². The smallest absolute Gasteiger partial charge is 0.252 e. The van der Waals surface area contributed by atoms with Crippen LogP contribution in [0, 0.1) is 0 Å². The van der Waals surface area contributed by atoms with E-state index < -0.39 is 0 Å². The molecule has 0 unspecified atom stereocenters. The van der Waals surface area contributed by atoms with Crippen LogP contribution in [0.4, 0.5) is 0 Å². The Morgan fingerprint density at radius 2 is 1.80 bits per heavy atom. The third kappa shape index (κ3) is 2.67. The van der Waals surface area contributed by atoms with Crippen molar-refractivity contribution in [3.05, 3.63) is 29.3 Å². The first-order valence-electron chi connectivity index (χ1n) is 7.68. The van der Waals surface area contributed by atoms with Crippen molar-refractivity contribution in [1.29, 1.82) is 0 Å². The second-order valence-corrected chi connectivity index (χ2v) is 5.65. The van der Waals surface area contributed by atoms with Crippen LogP contribution in [0.15, 0.2) is 18.2 Å². The van der Waals surface area contributed by atoms with Crippen molar-refractivity contribution < 1.29 is 9.53 Å². The molecule has 1 N–H and O–H groups in total. The van der Waals surface area contributed by atoms with E-state index >= 15 is 0 Å². The Hall–Kier alpha value is -1.51. The van der Waals surface area contributed by atoms with E-state index in [1.54, 1.807) is 7.11 Å². The normalized spacial score (nSPS) is 15.8. The van der Waals surface area contributed by atoms with E-state index in [9.17, 15) is 4.79 Å². The number of rotatable bonds is 7. The molecule has 0 atom stereocenters. The summed E-state index contributed by atoms with van der Waals surface area (Å²) in [6, 6.07) is 5.80. The van der Waals surface area contributed by atoms with Gasteiger partial charge in [0.1, 0.15) is 5.75 Å². The molecule has 0 spiro atoms. The van der Waals surface area contributed by atoms with Crippen LogP contribution >= 0.6 is 0 Å². The number of fused-ring (bicyclic) bond motifs is 1. The van der Waals surface area contributed by atoms with Crippen molar-refractivity contribution in [2.45, 2.75) is 57.9 Å². The highest BCUT2D eigenvalue weighted by Gasteiger charge is 2.41. The standard InChI is InChI=1S/C17H25NO2/c1-4-6-10-17(11-7-5-2)15-12-13(20-3)8-9-14(15)16(19)18-17/h8-9,12H,4-7,10-11H2,1-3H3,(H,18,19). The lowest BCUT2D eigenvalue weighted by atomic mass is 9.81. The van der Waals surface area contributed by atoms with Crippen molar-refractivity contribution in [3.8, 4) is 5.75 Å². The molecule has 1 heterocycles. The summed E-state index contributed by atoms with van der Waals surface area (Å²) in [6.45, 7) is 4.38. The zero-order chi connectivity index (χ0) is 14.6. The summed E-state index contributed by atoms with van der Waals surface area (Å²) in [4.78, 5) is 12.3. The van der Waals surface area contributed by atoms with Gasteiger partial charge < -0.3 is 10.1 Å². The van der Waals surface area contributed by atoms with Gasteiger partial charge in [-0.2, -0.15) is 0 Å². The summed E-state index contributed by atoms with van der Waals surface area (Å²) >= 11 is 0. The topological polar surface area (TPSA) is 38.3 Å². The Bertz CT molecular complexity index is 474. The third-order valence-electron chi connectivity index (χ3n) is 4.25. The Balaban J connectivity index is 2.40. The van der Waals surface area contributed by atoms with Gasteiger partial charge in [0.25, 0.3) is 5.91 Å². The number of hydrogen-bond acceptors (Lipinski definition) is 2. The number of methoxy groups -OCH3 is 1. The van der Waals surface area contributed by atoms with E-state index in [0.717, 1.165) is 55.4 Å². The minimum atomic E-state index is -0.188. The van der Waals surface area contributed by atoms with Crippen LogP contribution in [0.1, 0.15) is 68.3 Å². The minimum Gasteiger partial charge on any atom is -0.497 e. The first-order chi connectivity index (χ1) is 9.66. The number of carbonyl (C=O) groups is 1. The number of nitrogens with one attached hydrogen (secondary N) is 1. The molecule has 1 aromatic carbocycles. The molecule has 1 aliphatic rings. The van der Waals surface area contributed by atoms with Gasteiger partial charge in [0.15, 0.2) is 0 Å². The zero-order valence-corrected chi connectivity index (χ0v) is 12.8. The molecule has 3 nitrogen and oxygen atoms in total. The molecule has 3 heteroatoms. The van der Waals surface area contributed by atoms with Crippen LogP contribution in [0.5, 0.6) is 5.75 Å². The third-order valence-corrected chi connectivity index (χ3v) is 4.25. The van der Waals surface area contributed by atoms with Gasteiger partial charge in [-0.25, -0.2) is 0 Å². The number of carbonyl (C=O) groups excluding carboxylic acids is 1. The predicted octanol–water partition coefficient (Wildman–Crippen LogP) is 4.01. The van der Waals surface area contributed by atoms with E-state index in [1.807, 2.05) is 18.2 Å². The van der Waals surface area contributed by atoms with E-state index in [0.29, 0.717) is 0 Å². The number of amides is 1. The van der Waals surface area contributed by atoms with Crippen molar-refractivity contribution >= 4 is 5.91 Å².